The maximum Gasteiger partial charge on any atom is 0.257 e. The summed E-state index contributed by atoms with van der Waals surface area (Å²) >= 11 is 0. The summed E-state index contributed by atoms with van der Waals surface area (Å²) in [6, 6.07) is 2.31. The van der Waals surface area contributed by atoms with E-state index in [-0.39, 0.29) is 11.1 Å². The fraction of sp³-hybridized carbons (Fsp3) is 0.500. The van der Waals surface area contributed by atoms with Gasteiger partial charge >= 0.3 is 0 Å². The van der Waals surface area contributed by atoms with Crippen molar-refractivity contribution in [3.63, 3.8) is 0 Å². The van der Waals surface area contributed by atoms with Crippen LogP contribution >= 0.6 is 0 Å². The Morgan fingerprint density at radius 1 is 1.00 bits per heavy atom. The molecular formula is C38H42N2O14. The van der Waals surface area contributed by atoms with Crippen LogP contribution in [0.25, 0.3) is 0 Å². The summed E-state index contributed by atoms with van der Waals surface area (Å²) in [4.78, 5) is 72.4. The molecule has 2 saturated heterocycles. The molecule has 0 aromatic heterocycles. The summed E-state index contributed by atoms with van der Waals surface area (Å²) in [6.07, 6.45) is -3.15. The molecule has 8 atom stereocenters. The number of rotatable bonds is 6. The third-order valence-electron chi connectivity index (χ3n) is 11.8. The van der Waals surface area contributed by atoms with Crippen LogP contribution in [0, 0.1) is 12.8 Å². The van der Waals surface area contributed by atoms with Crippen LogP contribution < -0.4 is 5.32 Å². The van der Waals surface area contributed by atoms with Crippen molar-refractivity contribution in [3.05, 3.63) is 68.4 Å². The van der Waals surface area contributed by atoms with Gasteiger partial charge in [-0.05, 0) is 50.3 Å². The number of ketones is 4. The number of hydrogen-bond acceptors (Lipinski definition) is 15. The van der Waals surface area contributed by atoms with E-state index in [9.17, 15) is 54.6 Å². The van der Waals surface area contributed by atoms with Gasteiger partial charge in [-0.2, -0.15) is 0 Å². The van der Waals surface area contributed by atoms with Gasteiger partial charge in [-0.1, -0.05) is 6.07 Å². The number of piperidine rings is 1. The van der Waals surface area contributed by atoms with Crippen molar-refractivity contribution in [2.24, 2.45) is 5.92 Å². The number of phenolic OH excluding ortho intramolecular Hbond substituents is 2. The first kappa shape index (κ1) is 37.8. The summed E-state index contributed by atoms with van der Waals surface area (Å²) in [5.41, 5.74) is -9.59. The number of carbonyl (C=O) groups excluding carboxylic acids is 5. The monoisotopic (exact) mass is 750 g/mol. The van der Waals surface area contributed by atoms with E-state index in [2.05, 4.69) is 5.32 Å². The van der Waals surface area contributed by atoms with Gasteiger partial charge in [0.2, 0.25) is 17.3 Å². The number of benzene rings is 2. The SMILES string of the molecule is CO[C@@H]1[C@@H](O)[C@@H](CO)[C@@H](NC2=CC(=O)c3c(cc4c(c3O)C(=O)[C@]3(OC)[C@H](O)Cc5cc(C)c(C(=O)N6CCCCC6)c(O)c5[C@]3(O)C4=O)C2=O)O[C@H]1C. The number of nitrogens with one attached hydrogen (secondary N) is 1. The van der Waals surface area contributed by atoms with Crippen LogP contribution in [0.2, 0.25) is 0 Å². The highest BCUT2D eigenvalue weighted by atomic mass is 16.6. The molecule has 3 aliphatic carbocycles. The van der Waals surface area contributed by atoms with Crippen molar-refractivity contribution >= 4 is 29.0 Å². The third-order valence-corrected chi connectivity index (χ3v) is 11.8. The number of hydrogen-bond donors (Lipinski definition) is 7. The minimum Gasteiger partial charge on any atom is -0.507 e. The molecule has 2 heterocycles. The minimum absolute atomic E-state index is 0.0494. The average Bonchev–Trinajstić information content (AvgIpc) is 3.13. The van der Waals surface area contributed by atoms with Crippen molar-refractivity contribution in [1.82, 2.24) is 10.2 Å². The Bertz CT molecular complexity index is 2040. The van der Waals surface area contributed by atoms with Gasteiger partial charge in [-0.25, -0.2) is 0 Å². The fourth-order valence-corrected chi connectivity index (χ4v) is 9.06. The quantitative estimate of drug-likeness (QED) is 0.208. The maximum atomic E-state index is 14.8. The topological polar surface area (TPSA) is 250 Å². The lowest BCUT2D eigenvalue weighted by atomic mass is 9.56. The Morgan fingerprint density at radius 3 is 2.31 bits per heavy atom. The molecule has 5 aliphatic rings. The molecule has 288 valence electrons. The molecule has 0 saturated carbocycles. The largest absolute Gasteiger partial charge is 0.507 e. The number of methoxy groups -OCH3 is 2. The number of nitrogens with zero attached hydrogens (tertiary/aromatic N) is 1. The van der Waals surface area contributed by atoms with Gasteiger partial charge in [0, 0.05) is 56.5 Å². The number of amides is 1. The molecule has 0 spiro atoms. The van der Waals surface area contributed by atoms with E-state index in [0.29, 0.717) is 18.7 Å². The molecule has 0 radical (unpaired) electrons. The number of likely N-dealkylation sites (tertiary alicyclic amines) is 1. The number of aryl methyl sites for hydroxylation is 1. The smallest absolute Gasteiger partial charge is 0.257 e. The van der Waals surface area contributed by atoms with Crippen LogP contribution in [0.4, 0.5) is 0 Å². The Morgan fingerprint density at radius 2 is 1.69 bits per heavy atom. The van der Waals surface area contributed by atoms with Gasteiger partial charge < -0.3 is 55.1 Å². The highest BCUT2D eigenvalue weighted by Gasteiger charge is 2.72. The van der Waals surface area contributed by atoms with Crippen LogP contribution in [0.15, 0.2) is 23.9 Å². The fourth-order valence-electron chi connectivity index (χ4n) is 9.06. The highest BCUT2D eigenvalue weighted by molar-refractivity contribution is 6.31. The molecule has 2 aromatic rings. The van der Waals surface area contributed by atoms with Gasteiger partial charge in [0.1, 0.15) is 23.8 Å². The maximum absolute atomic E-state index is 14.8. The zero-order valence-electron chi connectivity index (χ0n) is 30.0. The van der Waals surface area contributed by atoms with Gasteiger partial charge in [0.25, 0.3) is 5.91 Å². The number of carbonyl (C=O) groups is 5. The molecular weight excluding hydrogens is 708 g/mol. The van der Waals surface area contributed by atoms with E-state index >= 15 is 0 Å². The van der Waals surface area contributed by atoms with Crippen molar-refractivity contribution in [1.29, 1.82) is 0 Å². The summed E-state index contributed by atoms with van der Waals surface area (Å²) < 4.78 is 16.7. The first-order valence-corrected chi connectivity index (χ1v) is 17.7. The number of aromatic hydroxyl groups is 2. The highest BCUT2D eigenvalue weighted by Crippen LogP contribution is 2.56. The van der Waals surface area contributed by atoms with E-state index in [1.165, 1.54) is 18.1 Å². The van der Waals surface area contributed by atoms with Gasteiger partial charge in [0.15, 0.2) is 17.0 Å². The Hall–Kier alpha value is -4.55. The number of allylic oxidation sites excluding steroid dienone is 2. The zero-order chi connectivity index (χ0) is 39.2. The average molecular weight is 751 g/mol. The summed E-state index contributed by atoms with van der Waals surface area (Å²) in [5.74, 6) is -8.05. The molecule has 16 nitrogen and oxygen atoms in total. The van der Waals surface area contributed by atoms with E-state index in [1.54, 1.807) is 13.8 Å². The van der Waals surface area contributed by atoms with Gasteiger partial charge in [-0.15, -0.1) is 0 Å². The first-order valence-electron chi connectivity index (χ1n) is 17.7. The minimum atomic E-state index is -3.21. The van der Waals surface area contributed by atoms with Crippen molar-refractivity contribution < 1.29 is 68.8 Å². The number of aliphatic hydroxyl groups is 4. The summed E-state index contributed by atoms with van der Waals surface area (Å²) in [6.45, 7) is 3.37. The molecule has 54 heavy (non-hydrogen) atoms. The summed E-state index contributed by atoms with van der Waals surface area (Å²) in [5, 5.41) is 71.3. The van der Waals surface area contributed by atoms with E-state index in [4.69, 9.17) is 14.2 Å². The lowest BCUT2D eigenvalue weighted by Gasteiger charge is -2.53. The lowest BCUT2D eigenvalue weighted by molar-refractivity contribution is -0.214. The number of Topliss-reactive ketones (excluding diaryl/α,β-unsaturated/α-hetero) is 3. The normalized spacial score (nSPS) is 32.0. The van der Waals surface area contributed by atoms with Gasteiger partial charge in [-0.3, -0.25) is 24.0 Å². The molecule has 0 unspecified atom stereocenters. The molecule has 2 aliphatic heterocycles. The molecule has 16 heteroatoms. The van der Waals surface area contributed by atoms with Crippen molar-refractivity contribution in [2.75, 3.05) is 33.9 Å². The van der Waals surface area contributed by atoms with Crippen LogP contribution in [0.5, 0.6) is 11.5 Å². The van der Waals surface area contributed by atoms with Crippen molar-refractivity contribution in [2.45, 2.75) is 81.4 Å². The summed E-state index contributed by atoms with van der Waals surface area (Å²) in [7, 11) is 2.30. The lowest BCUT2D eigenvalue weighted by Crippen LogP contribution is -2.73. The molecule has 2 fully saturated rings. The molecule has 0 bridgehead atoms. The Kier molecular flexibility index (Phi) is 9.32. The second-order valence-electron chi connectivity index (χ2n) is 14.6. The Labute approximate surface area is 308 Å². The van der Waals surface area contributed by atoms with Crippen LogP contribution in [-0.4, -0.2) is 135 Å². The van der Waals surface area contributed by atoms with E-state index in [1.807, 2.05) is 0 Å². The zero-order valence-corrected chi connectivity index (χ0v) is 30.0. The van der Waals surface area contributed by atoms with Crippen LogP contribution in [0.3, 0.4) is 0 Å². The molecule has 7 N–H and O–H groups in total. The first-order chi connectivity index (χ1) is 25.6. The number of aliphatic hydroxyl groups excluding tert-OH is 3. The number of fused-ring (bicyclic) bond motifs is 5. The van der Waals surface area contributed by atoms with E-state index in [0.717, 1.165) is 38.5 Å². The Balaban J connectivity index is 1.36. The standard InChI is InChI=1S/C38H42N2O14/c1-15-10-17-11-23(43)38(53-4)34(49)26-19(33(48)37(38,51)27(17)31(47)24(15)36(50)40-8-6-5-7-9-40)12-18-25(30(26)46)22(42)13-21(28(18)44)39-35-20(14-41)29(45)32(52-3)16(2)54-35/h10,12-13,16,20,23,29,32,35,39,41,43,45-47,51H,5-9,11,14H2,1-4H3/t16-,20+,23+,29-,32-,35-,37-,38+/m0/s1. The third kappa shape index (κ3) is 4.98. The van der Waals surface area contributed by atoms with E-state index < -0.39 is 135 Å². The number of ether oxygens (including phenoxy) is 3. The molecule has 7 rings (SSSR count). The second kappa shape index (κ2) is 13.3. The predicted molar refractivity (Wildman–Crippen MR) is 184 cm³/mol. The van der Waals surface area contributed by atoms with Crippen LogP contribution in [-0.2, 0) is 26.2 Å². The predicted octanol–water partition coefficient (Wildman–Crippen LogP) is 0.183. The molecule has 1 amide bonds. The van der Waals surface area contributed by atoms with Crippen molar-refractivity contribution in [3.8, 4) is 11.5 Å². The molecule has 2 aromatic carbocycles. The number of phenols is 2. The van der Waals surface area contributed by atoms with Crippen LogP contribution in [0.1, 0.15) is 94.7 Å². The van der Waals surface area contributed by atoms with Gasteiger partial charge in [0.05, 0.1) is 53.2 Å². The second-order valence-corrected chi connectivity index (χ2v) is 14.6.